The third-order valence-electron chi connectivity index (χ3n) is 4.23. The number of halogens is 3. The van der Waals surface area contributed by atoms with Crippen LogP contribution in [-0.2, 0) is 0 Å². The Morgan fingerprint density at radius 1 is 1.27 bits per heavy atom. The number of nitrogens with zero attached hydrogens (tertiary/aromatic N) is 1. The smallest absolute Gasteiger partial charge is 0.134 e. The molecule has 126 valence electrons. The van der Waals surface area contributed by atoms with Crippen LogP contribution >= 0.6 is 40.7 Å². The molecule has 7 heteroatoms. The first kappa shape index (κ1) is 19.8. The van der Waals surface area contributed by atoms with Gasteiger partial charge in [-0.1, -0.05) is 0 Å². The standard InChI is InChI=1S/C15H21BrN2O2.2ClH/c1-20-11-8-12(15(19)13(16)9-11)14(10-2-3-10)18-6-4-17-5-7-18;;/h8-10,14,17,19H,2-7H2,1H3;2*1H/t14-;;/m1../s1. The van der Waals surface area contributed by atoms with Crippen molar-refractivity contribution in [3.63, 3.8) is 0 Å². The number of piperazine rings is 1. The minimum atomic E-state index is 0. The lowest BCUT2D eigenvalue weighted by molar-refractivity contribution is 0.153. The van der Waals surface area contributed by atoms with Crippen molar-refractivity contribution in [2.24, 2.45) is 5.92 Å². The number of rotatable bonds is 4. The zero-order valence-electron chi connectivity index (χ0n) is 12.5. The Balaban J connectivity index is 0.00000121. The van der Waals surface area contributed by atoms with Crippen molar-refractivity contribution in [2.45, 2.75) is 18.9 Å². The molecule has 1 aliphatic heterocycles. The van der Waals surface area contributed by atoms with Gasteiger partial charge in [-0.2, -0.15) is 0 Å². The fourth-order valence-corrected chi connectivity index (χ4v) is 3.51. The molecule has 0 bridgehead atoms. The highest BCUT2D eigenvalue weighted by atomic mass is 79.9. The van der Waals surface area contributed by atoms with E-state index in [1.165, 1.54) is 12.8 Å². The second-order valence-electron chi connectivity index (χ2n) is 5.62. The molecular weight excluding hydrogens is 391 g/mol. The Bertz CT molecular complexity index is 495. The van der Waals surface area contributed by atoms with E-state index in [9.17, 15) is 5.11 Å². The molecule has 0 unspecified atom stereocenters. The zero-order valence-corrected chi connectivity index (χ0v) is 15.8. The average Bonchev–Trinajstić information content (AvgIpc) is 3.29. The largest absolute Gasteiger partial charge is 0.506 e. The summed E-state index contributed by atoms with van der Waals surface area (Å²) in [5.41, 5.74) is 1.00. The summed E-state index contributed by atoms with van der Waals surface area (Å²) in [6.45, 7) is 4.12. The average molecular weight is 414 g/mol. The number of aromatic hydroxyl groups is 1. The third kappa shape index (κ3) is 4.20. The molecule has 0 radical (unpaired) electrons. The highest BCUT2D eigenvalue weighted by Crippen LogP contribution is 2.49. The van der Waals surface area contributed by atoms with E-state index in [1.807, 2.05) is 12.1 Å². The van der Waals surface area contributed by atoms with Crippen LogP contribution in [0.2, 0.25) is 0 Å². The number of methoxy groups -OCH3 is 1. The van der Waals surface area contributed by atoms with E-state index in [2.05, 4.69) is 26.1 Å². The van der Waals surface area contributed by atoms with Gasteiger partial charge < -0.3 is 15.2 Å². The second kappa shape index (κ2) is 8.60. The van der Waals surface area contributed by atoms with Crippen molar-refractivity contribution in [1.29, 1.82) is 0 Å². The number of phenolic OH excluding ortho intramolecular Hbond substituents is 1. The van der Waals surface area contributed by atoms with E-state index in [0.717, 1.165) is 37.5 Å². The Morgan fingerprint density at radius 2 is 1.91 bits per heavy atom. The molecule has 3 rings (SSSR count). The van der Waals surface area contributed by atoms with Gasteiger partial charge in [0.1, 0.15) is 11.5 Å². The van der Waals surface area contributed by atoms with Gasteiger partial charge in [0.25, 0.3) is 0 Å². The molecule has 1 aromatic carbocycles. The van der Waals surface area contributed by atoms with Crippen molar-refractivity contribution < 1.29 is 9.84 Å². The van der Waals surface area contributed by atoms with Crippen LogP contribution in [0, 0.1) is 5.92 Å². The lowest BCUT2D eigenvalue weighted by Crippen LogP contribution is -2.45. The first-order chi connectivity index (χ1) is 9.70. The van der Waals surface area contributed by atoms with Gasteiger partial charge in [0.05, 0.1) is 11.6 Å². The molecule has 1 aromatic rings. The van der Waals surface area contributed by atoms with Crippen molar-refractivity contribution >= 4 is 40.7 Å². The van der Waals surface area contributed by atoms with Gasteiger partial charge in [-0.25, -0.2) is 0 Å². The Kier molecular flexibility index (Phi) is 7.75. The van der Waals surface area contributed by atoms with Crippen molar-refractivity contribution in [3.8, 4) is 11.5 Å². The lowest BCUT2D eigenvalue weighted by atomic mass is 9.98. The summed E-state index contributed by atoms with van der Waals surface area (Å²) in [6.07, 6.45) is 2.51. The molecule has 0 aromatic heterocycles. The monoisotopic (exact) mass is 412 g/mol. The maximum absolute atomic E-state index is 10.5. The number of hydrogen-bond acceptors (Lipinski definition) is 4. The number of ether oxygens (including phenoxy) is 1. The van der Waals surface area contributed by atoms with Gasteiger partial charge in [-0.3, -0.25) is 4.90 Å². The molecule has 1 atom stereocenters. The van der Waals surface area contributed by atoms with Crippen molar-refractivity contribution in [3.05, 3.63) is 22.2 Å². The van der Waals surface area contributed by atoms with Gasteiger partial charge in [0, 0.05) is 37.8 Å². The fourth-order valence-electron chi connectivity index (χ4n) is 3.06. The third-order valence-corrected chi connectivity index (χ3v) is 4.84. The van der Waals surface area contributed by atoms with Crippen LogP contribution in [0.4, 0.5) is 0 Å². The van der Waals surface area contributed by atoms with Crippen LogP contribution in [-0.4, -0.2) is 43.3 Å². The molecule has 1 aliphatic carbocycles. The number of nitrogens with one attached hydrogen (secondary N) is 1. The minimum absolute atomic E-state index is 0. The highest BCUT2D eigenvalue weighted by molar-refractivity contribution is 9.10. The van der Waals surface area contributed by atoms with Gasteiger partial charge in [0.2, 0.25) is 0 Å². The van der Waals surface area contributed by atoms with E-state index >= 15 is 0 Å². The van der Waals surface area contributed by atoms with E-state index < -0.39 is 0 Å². The number of phenols is 1. The molecule has 1 saturated carbocycles. The number of hydrogen-bond donors (Lipinski definition) is 2. The van der Waals surface area contributed by atoms with Gasteiger partial charge in [0.15, 0.2) is 0 Å². The molecule has 1 saturated heterocycles. The van der Waals surface area contributed by atoms with E-state index in [4.69, 9.17) is 4.74 Å². The first-order valence-corrected chi connectivity index (χ1v) is 8.01. The summed E-state index contributed by atoms with van der Waals surface area (Å²) < 4.78 is 6.07. The van der Waals surface area contributed by atoms with E-state index in [-0.39, 0.29) is 24.8 Å². The summed E-state index contributed by atoms with van der Waals surface area (Å²) in [7, 11) is 1.67. The first-order valence-electron chi connectivity index (χ1n) is 7.22. The van der Waals surface area contributed by atoms with Crippen LogP contribution in [0.15, 0.2) is 16.6 Å². The summed E-state index contributed by atoms with van der Waals surface area (Å²) in [6, 6.07) is 4.12. The molecule has 1 heterocycles. The van der Waals surface area contributed by atoms with Gasteiger partial charge in [-0.05, 0) is 46.8 Å². The SMILES string of the molecule is COc1cc(Br)c(O)c([C@@H](C2CC2)N2CCNCC2)c1.Cl.Cl. The fraction of sp³-hybridized carbons (Fsp3) is 0.600. The zero-order chi connectivity index (χ0) is 14.1. The molecule has 4 nitrogen and oxygen atoms in total. The topological polar surface area (TPSA) is 44.7 Å². The van der Waals surface area contributed by atoms with Crippen molar-refractivity contribution in [2.75, 3.05) is 33.3 Å². The molecule has 0 spiro atoms. The Hall–Kier alpha value is -0.200. The molecule has 2 aliphatic rings. The molecular formula is C15H23BrCl2N2O2. The predicted octanol–water partition coefficient (Wildman–Crippen LogP) is 3.36. The lowest BCUT2D eigenvalue weighted by Gasteiger charge is -2.36. The van der Waals surface area contributed by atoms with Crippen LogP contribution in [0.1, 0.15) is 24.4 Å². The second-order valence-corrected chi connectivity index (χ2v) is 6.47. The quantitative estimate of drug-likeness (QED) is 0.794. The molecule has 2 N–H and O–H groups in total. The predicted molar refractivity (Wildman–Crippen MR) is 96.8 cm³/mol. The molecule has 0 amide bonds. The summed E-state index contributed by atoms with van der Waals surface area (Å²) in [5, 5.41) is 13.8. The van der Waals surface area contributed by atoms with Crippen molar-refractivity contribution in [1.82, 2.24) is 10.2 Å². The maximum Gasteiger partial charge on any atom is 0.134 e. The Morgan fingerprint density at radius 3 is 2.45 bits per heavy atom. The normalized spacial score (nSPS) is 19.7. The van der Waals surface area contributed by atoms with E-state index in [1.54, 1.807) is 7.11 Å². The number of benzene rings is 1. The van der Waals surface area contributed by atoms with E-state index in [0.29, 0.717) is 22.2 Å². The van der Waals surface area contributed by atoms with Crippen LogP contribution in [0.3, 0.4) is 0 Å². The molecule has 22 heavy (non-hydrogen) atoms. The van der Waals surface area contributed by atoms with Crippen LogP contribution in [0.25, 0.3) is 0 Å². The summed E-state index contributed by atoms with van der Waals surface area (Å²) in [5.74, 6) is 1.82. The van der Waals surface area contributed by atoms with Gasteiger partial charge >= 0.3 is 0 Å². The Labute approximate surface area is 152 Å². The summed E-state index contributed by atoms with van der Waals surface area (Å²) >= 11 is 3.44. The highest BCUT2D eigenvalue weighted by Gasteiger charge is 2.38. The maximum atomic E-state index is 10.5. The molecule has 2 fully saturated rings. The summed E-state index contributed by atoms with van der Waals surface area (Å²) in [4.78, 5) is 2.50. The van der Waals surface area contributed by atoms with Crippen LogP contribution in [0.5, 0.6) is 11.5 Å². The van der Waals surface area contributed by atoms with Crippen LogP contribution < -0.4 is 10.1 Å². The minimum Gasteiger partial charge on any atom is -0.506 e. The van der Waals surface area contributed by atoms with Gasteiger partial charge in [-0.15, -0.1) is 24.8 Å².